The molecule has 0 spiro atoms. The van der Waals surface area contributed by atoms with Crippen LogP contribution in [0.1, 0.15) is 63.0 Å². The van der Waals surface area contributed by atoms with E-state index in [2.05, 4.69) is 43.3 Å². The van der Waals surface area contributed by atoms with Gasteiger partial charge in [0.15, 0.2) is 0 Å². The van der Waals surface area contributed by atoms with Crippen molar-refractivity contribution in [3.63, 3.8) is 0 Å². The smallest absolute Gasteiger partial charge is 0.274 e. The predicted molar refractivity (Wildman–Crippen MR) is 105 cm³/mol. The molecular weight excluding hydrogens is 310 g/mol. The summed E-state index contributed by atoms with van der Waals surface area (Å²) in [5.74, 6) is -0.193. The molecule has 2 rings (SSSR count). The molecule has 2 N–H and O–H groups in total. The van der Waals surface area contributed by atoms with Gasteiger partial charge in [0.05, 0.1) is 11.9 Å². The Balaban J connectivity index is 1.92. The number of carbonyl (C=O) groups excluding carboxylic acids is 1. The van der Waals surface area contributed by atoms with Gasteiger partial charge >= 0.3 is 0 Å². The van der Waals surface area contributed by atoms with Crippen LogP contribution in [0.4, 0.5) is 11.4 Å². The average molecular weight is 339 g/mol. The SMILES string of the molecule is CCCCCNc1ccc(C(=O)Nc2ccc(C(C)(C)C)cc2)nc1. The topological polar surface area (TPSA) is 54.0 Å². The number of nitrogens with zero attached hydrogens (tertiary/aromatic N) is 1. The lowest BCUT2D eigenvalue weighted by Crippen LogP contribution is -2.15. The van der Waals surface area contributed by atoms with Gasteiger partial charge in [-0.15, -0.1) is 0 Å². The minimum Gasteiger partial charge on any atom is -0.384 e. The molecule has 1 heterocycles. The minimum atomic E-state index is -0.193. The van der Waals surface area contributed by atoms with Crippen LogP contribution in [-0.2, 0) is 5.41 Å². The van der Waals surface area contributed by atoms with Gasteiger partial charge < -0.3 is 10.6 Å². The maximum absolute atomic E-state index is 12.3. The number of hydrogen-bond acceptors (Lipinski definition) is 3. The van der Waals surface area contributed by atoms with Gasteiger partial charge in [-0.1, -0.05) is 52.7 Å². The maximum Gasteiger partial charge on any atom is 0.274 e. The van der Waals surface area contributed by atoms with Crippen molar-refractivity contribution in [3.05, 3.63) is 53.9 Å². The van der Waals surface area contributed by atoms with E-state index < -0.39 is 0 Å². The summed E-state index contributed by atoms with van der Waals surface area (Å²) in [6.45, 7) is 9.62. The van der Waals surface area contributed by atoms with Gasteiger partial charge in [-0.2, -0.15) is 0 Å². The lowest BCUT2D eigenvalue weighted by molar-refractivity contribution is 0.102. The van der Waals surface area contributed by atoms with E-state index >= 15 is 0 Å². The maximum atomic E-state index is 12.3. The second-order valence-corrected chi connectivity index (χ2v) is 7.35. The van der Waals surface area contributed by atoms with Crippen LogP contribution in [0.25, 0.3) is 0 Å². The molecule has 1 aromatic carbocycles. The highest BCUT2D eigenvalue weighted by Gasteiger charge is 2.13. The molecular formula is C21H29N3O. The molecule has 2 aromatic rings. The molecule has 4 heteroatoms. The summed E-state index contributed by atoms with van der Waals surface area (Å²) >= 11 is 0. The molecule has 1 aromatic heterocycles. The Hall–Kier alpha value is -2.36. The molecule has 0 saturated heterocycles. The van der Waals surface area contributed by atoms with Crippen LogP contribution in [0.15, 0.2) is 42.6 Å². The fourth-order valence-electron chi connectivity index (χ4n) is 2.49. The number of aromatic nitrogens is 1. The first-order valence-corrected chi connectivity index (χ1v) is 9.02. The summed E-state index contributed by atoms with van der Waals surface area (Å²) in [5, 5.41) is 6.22. The van der Waals surface area contributed by atoms with Crippen molar-refractivity contribution >= 4 is 17.3 Å². The van der Waals surface area contributed by atoms with Crippen LogP contribution in [0, 0.1) is 0 Å². The van der Waals surface area contributed by atoms with Crippen LogP contribution in [0.5, 0.6) is 0 Å². The fourth-order valence-corrected chi connectivity index (χ4v) is 2.49. The van der Waals surface area contributed by atoms with Gasteiger partial charge in [-0.25, -0.2) is 4.98 Å². The molecule has 25 heavy (non-hydrogen) atoms. The van der Waals surface area contributed by atoms with Crippen molar-refractivity contribution in [2.24, 2.45) is 0 Å². The quantitative estimate of drug-likeness (QED) is 0.679. The minimum absolute atomic E-state index is 0.101. The molecule has 0 aliphatic heterocycles. The highest BCUT2D eigenvalue weighted by molar-refractivity contribution is 6.02. The summed E-state index contributed by atoms with van der Waals surface area (Å²) in [6, 6.07) is 11.6. The third kappa shape index (κ3) is 5.89. The van der Waals surface area contributed by atoms with Crippen molar-refractivity contribution in [1.82, 2.24) is 4.98 Å². The van der Waals surface area contributed by atoms with E-state index in [1.54, 1.807) is 12.3 Å². The summed E-state index contributed by atoms with van der Waals surface area (Å²) in [7, 11) is 0. The van der Waals surface area contributed by atoms with Gasteiger partial charge in [0, 0.05) is 12.2 Å². The van der Waals surface area contributed by atoms with Gasteiger partial charge in [0.25, 0.3) is 5.91 Å². The lowest BCUT2D eigenvalue weighted by atomic mass is 9.87. The Morgan fingerprint density at radius 1 is 1.00 bits per heavy atom. The second kappa shape index (κ2) is 8.65. The molecule has 0 aliphatic rings. The van der Waals surface area contributed by atoms with Crippen LogP contribution in [0.3, 0.4) is 0 Å². The summed E-state index contributed by atoms with van der Waals surface area (Å²) in [4.78, 5) is 16.6. The molecule has 4 nitrogen and oxygen atoms in total. The third-order valence-electron chi connectivity index (χ3n) is 4.11. The summed E-state index contributed by atoms with van der Waals surface area (Å²) in [5.41, 5.74) is 3.48. The molecule has 0 atom stereocenters. The standard InChI is InChI=1S/C21H29N3O/c1-5-6-7-14-22-18-12-13-19(23-15-18)20(25)24-17-10-8-16(9-11-17)21(2,3)4/h8-13,15,22H,5-7,14H2,1-4H3,(H,24,25). The first kappa shape index (κ1) is 19.0. The van der Waals surface area contributed by atoms with Crippen molar-refractivity contribution in [2.75, 3.05) is 17.2 Å². The normalized spacial score (nSPS) is 11.2. The summed E-state index contributed by atoms with van der Waals surface area (Å²) < 4.78 is 0. The van der Waals surface area contributed by atoms with Gasteiger partial charge in [-0.05, 0) is 41.7 Å². The van der Waals surface area contributed by atoms with Crippen molar-refractivity contribution < 1.29 is 4.79 Å². The average Bonchev–Trinajstić information content (AvgIpc) is 2.59. The number of amides is 1. The van der Waals surface area contributed by atoms with Crippen molar-refractivity contribution in [3.8, 4) is 0 Å². The molecule has 0 unspecified atom stereocenters. The van der Waals surface area contributed by atoms with Crippen molar-refractivity contribution in [2.45, 2.75) is 52.4 Å². The van der Waals surface area contributed by atoms with E-state index in [4.69, 9.17) is 0 Å². The molecule has 0 radical (unpaired) electrons. The number of anilines is 2. The van der Waals surface area contributed by atoms with E-state index in [0.717, 1.165) is 24.3 Å². The Morgan fingerprint density at radius 2 is 1.68 bits per heavy atom. The van der Waals surface area contributed by atoms with Crippen molar-refractivity contribution in [1.29, 1.82) is 0 Å². The number of benzene rings is 1. The van der Waals surface area contributed by atoms with Gasteiger partial charge in [-0.3, -0.25) is 4.79 Å². The first-order chi connectivity index (χ1) is 11.9. The number of carbonyl (C=O) groups is 1. The highest BCUT2D eigenvalue weighted by atomic mass is 16.1. The van der Waals surface area contributed by atoms with Gasteiger partial charge in [0.2, 0.25) is 0 Å². The summed E-state index contributed by atoms with van der Waals surface area (Å²) in [6.07, 6.45) is 5.28. The molecule has 0 fully saturated rings. The molecule has 1 amide bonds. The number of hydrogen-bond donors (Lipinski definition) is 2. The van der Waals surface area contributed by atoms with Crippen LogP contribution >= 0.6 is 0 Å². The van der Waals surface area contributed by atoms with Gasteiger partial charge in [0.1, 0.15) is 5.69 Å². The highest BCUT2D eigenvalue weighted by Crippen LogP contribution is 2.23. The predicted octanol–water partition coefficient (Wildman–Crippen LogP) is 5.23. The Bertz CT molecular complexity index is 670. The molecule has 0 bridgehead atoms. The number of rotatable bonds is 7. The zero-order chi connectivity index (χ0) is 18.3. The molecule has 134 valence electrons. The van der Waals surface area contributed by atoms with Crippen LogP contribution in [0.2, 0.25) is 0 Å². The monoisotopic (exact) mass is 339 g/mol. The molecule has 0 aliphatic carbocycles. The zero-order valence-corrected chi connectivity index (χ0v) is 15.7. The first-order valence-electron chi connectivity index (χ1n) is 9.02. The number of pyridine rings is 1. The van der Waals surface area contributed by atoms with E-state index in [-0.39, 0.29) is 11.3 Å². The van der Waals surface area contributed by atoms with E-state index in [1.807, 2.05) is 30.3 Å². The lowest BCUT2D eigenvalue weighted by Gasteiger charge is -2.19. The fraction of sp³-hybridized carbons (Fsp3) is 0.429. The Morgan fingerprint density at radius 3 is 2.24 bits per heavy atom. The Kier molecular flexibility index (Phi) is 6.57. The number of nitrogens with one attached hydrogen (secondary N) is 2. The van der Waals surface area contributed by atoms with E-state index in [0.29, 0.717) is 5.69 Å². The number of unbranched alkanes of at least 4 members (excludes halogenated alkanes) is 2. The second-order valence-electron chi connectivity index (χ2n) is 7.35. The van der Waals surface area contributed by atoms with Crippen LogP contribution < -0.4 is 10.6 Å². The van der Waals surface area contributed by atoms with E-state index in [9.17, 15) is 4.79 Å². The third-order valence-corrected chi connectivity index (χ3v) is 4.11. The zero-order valence-electron chi connectivity index (χ0n) is 15.7. The van der Waals surface area contributed by atoms with E-state index in [1.165, 1.54) is 18.4 Å². The largest absolute Gasteiger partial charge is 0.384 e. The molecule has 0 saturated carbocycles. The Labute approximate surface area is 151 Å². The van der Waals surface area contributed by atoms with Crippen LogP contribution in [-0.4, -0.2) is 17.4 Å².